The molecule has 1 aromatic heterocycles. The van der Waals surface area contributed by atoms with Crippen molar-refractivity contribution in [3.8, 4) is 0 Å². The van der Waals surface area contributed by atoms with Crippen molar-refractivity contribution in [2.24, 2.45) is 0 Å². The fraction of sp³-hybridized carbons (Fsp3) is 0.438. The molecule has 0 atom stereocenters. The number of hydrogen-bond donors (Lipinski definition) is 2. The molecule has 1 saturated carbocycles. The van der Waals surface area contributed by atoms with Crippen molar-refractivity contribution in [1.29, 1.82) is 0 Å². The molecule has 2 aromatic rings. The van der Waals surface area contributed by atoms with Crippen LogP contribution in [0.1, 0.15) is 49.0 Å². The smallest absolute Gasteiger partial charge is 0.259 e. The van der Waals surface area contributed by atoms with Crippen LogP contribution in [-0.4, -0.2) is 30.6 Å². The molecule has 3 rings (SSSR count). The molecule has 1 heterocycles. The second-order valence-electron chi connectivity index (χ2n) is 7.27. The van der Waals surface area contributed by atoms with E-state index in [-0.39, 0.29) is 32.0 Å². The van der Waals surface area contributed by atoms with Gasteiger partial charge >= 0.3 is 0 Å². The Kier molecular flexibility index (Phi) is 5.53. The predicted molar refractivity (Wildman–Crippen MR) is 106 cm³/mol. The van der Waals surface area contributed by atoms with Gasteiger partial charge in [0.25, 0.3) is 5.91 Å². The van der Waals surface area contributed by atoms with Gasteiger partial charge in [-0.1, -0.05) is 55.3 Å². The number of aromatic nitrogens is 2. The lowest BCUT2D eigenvalue weighted by Gasteiger charge is -2.12. The Hall–Kier alpha value is -1.26. The van der Waals surface area contributed by atoms with Crippen LogP contribution in [-0.2, 0) is 15.4 Å². The lowest BCUT2D eigenvalue weighted by atomic mass is 9.98. The fourth-order valence-electron chi connectivity index (χ4n) is 2.13. The summed E-state index contributed by atoms with van der Waals surface area (Å²) in [4.78, 5) is 12.4. The van der Waals surface area contributed by atoms with E-state index in [0.29, 0.717) is 5.13 Å². The summed E-state index contributed by atoms with van der Waals surface area (Å²) in [6, 6.07) is 2.34. The normalized spacial score (nSPS) is 15.0. The van der Waals surface area contributed by atoms with Crippen molar-refractivity contribution in [2.75, 3.05) is 5.32 Å². The Balaban J connectivity index is 1.88. The Labute approximate surface area is 171 Å². The molecule has 27 heavy (non-hydrogen) atoms. The first-order valence-corrected chi connectivity index (χ1v) is 11.2. The lowest BCUT2D eigenvalue weighted by Crippen LogP contribution is -2.26. The summed E-state index contributed by atoms with van der Waals surface area (Å²) in [6.45, 7) is 5.96. The average Bonchev–Trinajstić information content (AvgIpc) is 3.19. The zero-order valence-corrected chi connectivity index (χ0v) is 18.0. The zero-order chi connectivity index (χ0) is 20.0. The van der Waals surface area contributed by atoms with Crippen LogP contribution < -0.4 is 10.0 Å². The topological polar surface area (TPSA) is 101 Å². The number of amides is 1. The molecule has 0 spiro atoms. The van der Waals surface area contributed by atoms with E-state index in [1.807, 2.05) is 20.8 Å². The number of carbonyl (C=O) groups is 1. The maximum Gasteiger partial charge on any atom is 0.259 e. The van der Waals surface area contributed by atoms with E-state index in [2.05, 4.69) is 20.2 Å². The van der Waals surface area contributed by atoms with Crippen molar-refractivity contribution < 1.29 is 13.2 Å². The molecule has 11 heteroatoms. The number of halogens is 2. The van der Waals surface area contributed by atoms with Crippen LogP contribution in [0.4, 0.5) is 5.13 Å². The Morgan fingerprint density at radius 2 is 1.85 bits per heavy atom. The third kappa shape index (κ3) is 4.78. The predicted octanol–water partition coefficient (Wildman–Crippen LogP) is 3.84. The molecule has 0 unspecified atom stereocenters. The van der Waals surface area contributed by atoms with E-state index in [0.717, 1.165) is 17.8 Å². The summed E-state index contributed by atoms with van der Waals surface area (Å²) in [5.41, 5.74) is -0.210. The number of sulfonamides is 1. The summed E-state index contributed by atoms with van der Waals surface area (Å²) >= 11 is 13.4. The molecule has 1 aromatic carbocycles. The van der Waals surface area contributed by atoms with Gasteiger partial charge in [-0.3, -0.25) is 10.1 Å². The van der Waals surface area contributed by atoms with Gasteiger partial charge in [-0.05, 0) is 25.0 Å². The number of anilines is 1. The highest BCUT2D eigenvalue weighted by Gasteiger charge is 2.30. The minimum atomic E-state index is -3.83. The van der Waals surface area contributed by atoms with Gasteiger partial charge in [0.05, 0.1) is 15.6 Å². The van der Waals surface area contributed by atoms with Crippen molar-refractivity contribution >= 4 is 55.6 Å². The van der Waals surface area contributed by atoms with Gasteiger partial charge in [-0.15, -0.1) is 10.2 Å². The molecule has 1 aliphatic rings. The van der Waals surface area contributed by atoms with Gasteiger partial charge in [-0.25, -0.2) is 13.1 Å². The van der Waals surface area contributed by atoms with E-state index >= 15 is 0 Å². The summed E-state index contributed by atoms with van der Waals surface area (Å²) in [5.74, 6) is -0.587. The summed E-state index contributed by atoms with van der Waals surface area (Å²) in [5, 5.41) is 11.7. The molecule has 7 nitrogen and oxygen atoms in total. The minimum absolute atomic E-state index is 0.00949. The van der Waals surface area contributed by atoms with Gasteiger partial charge in [-0.2, -0.15) is 0 Å². The van der Waals surface area contributed by atoms with E-state index in [9.17, 15) is 13.2 Å². The highest BCUT2D eigenvalue weighted by molar-refractivity contribution is 7.89. The van der Waals surface area contributed by atoms with Crippen molar-refractivity contribution in [1.82, 2.24) is 14.9 Å². The van der Waals surface area contributed by atoms with Gasteiger partial charge in [0.15, 0.2) is 0 Å². The highest BCUT2D eigenvalue weighted by atomic mass is 35.5. The average molecular weight is 449 g/mol. The van der Waals surface area contributed by atoms with Gasteiger partial charge in [0.2, 0.25) is 15.2 Å². The second-order valence-corrected chi connectivity index (χ2v) is 10.7. The molecule has 0 radical (unpaired) electrons. The van der Waals surface area contributed by atoms with E-state index in [1.165, 1.54) is 23.5 Å². The molecule has 2 N–H and O–H groups in total. The zero-order valence-electron chi connectivity index (χ0n) is 14.8. The van der Waals surface area contributed by atoms with Crippen LogP contribution in [0.2, 0.25) is 10.0 Å². The van der Waals surface area contributed by atoms with Crippen molar-refractivity contribution in [3.05, 3.63) is 32.7 Å². The molecule has 0 saturated heterocycles. The monoisotopic (exact) mass is 448 g/mol. The molecular formula is C16H18Cl2N4O3S2. The number of benzene rings is 1. The second kappa shape index (κ2) is 7.29. The Morgan fingerprint density at radius 3 is 2.41 bits per heavy atom. The van der Waals surface area contributed by atoms with Crippen molar-refractivity contribution in [3.63, 3.8) is 0 Å². The summed E-state index contributed by atoms with van der Waals surface area (Å²) < 4.78 is 27.5. The van der Waals surface area contributed by atoms with Crippen molar-refractivity contribution in [2.45, 2.75) is 50.0 Å². The minimum Gasteiger partial charge on any atom is -0.296 e. The van der Waals surface area contributed by atoms with Crippen LogP contribution >= 0.6 is 34.5 Å². The van der Waals surface area contributed by atoms with E-state index in [4.69, 9.17) is 23.2 Å². The summed E-state index contributed by atoms with van der Waals surface area (Å²) in [6.07, 6.45) is 1.57. The fourth-order valence-corrected chi connectivity index (χ4v) is 5.09. The number of carbonyl (C=O) groups excluding carboxylic acids is 1. The maximum absolute atomic E-state index is 12.6. The van der Waals surface area contributed by atoms with Gasteiger partial charge in [0, 0.05) is 11.5 Å². The van der Waals surface area contributed by atoms with Gasteiger partial charge < -0.3 is 0 Å². The molecule has 0 aliphatic heterocycles. The quantitative estimate of drug-likeness (QED) is 0.723. The van der Waals surface area contributed by atoms with E-state index in [1.54, 1.807) is 0 Å². The number of rotatable bonds is 5. The van der Waals surface area contributed by atoms with Crippen LogP contribution in [0.15, 0.2) is 17.0 Å². The van der Waals surface area contributed by atoms with Crippen LogP contribution in [0, 0.1) is 0 Å². The largest absolute Gasteiger partial charge is 0.296 e. The first-order chi connectivity index (χ1) is 12.5. The Morgan fingerprint density at radius 1 is 1.19 bits per heavy atom. The molecular weight excluding hydrogens is 431 g/mol. The molecule has 1 amide bonds. The van der Waals surface area contributed by atoms with Crippen LogP contribution in [0.25, 0.3) is 0 Å². The third-order valence-corrected chi connectivity index (χ3v) is 7.30. The standard InChI is InChI=1S/C16H18Cl2N4O3S2/c1-16(2,3)14-20-21-15(26-14)19-13(23)9-6-12(11(18)7-10(9)17)27(24,25)22-8-4-5-8/h6-8,22H,4-5H2,1-3H3,(H,19,21,23). The van der Waals surface area contributed by atoms with E-state index < -0.39 is 15.9 Å². The highest BCUT2D eigenvalue weighted by Crippen LogP contribution is 2.32. The summed E-state index contributed by atoms with van der Waals surface area (Å²) in [7, 11) is -3.83. The number of nitrogens with zero attached hydrogens (tertiary/aromatic N) is 2. The molecule has 1 fully saturated rings. The molecule has 0 bridgehead atoms. The van der Waals surface area contributed by atoms with Gasteiger partial charge in [0.1, 0.15) is 9.90 Å². The third-order valence-electron chi connectivity index (χ3n) is 3.74. The number of nitrogens with one attached hydrogen (secondary N) is 2. The number of hydrogen-bond acceptors (Lipinski definition) is 6. The lowest BCUT2D eigenvalue weighted by molar-refractivity contribution is 0.102. The molecule has 146 valence electrons. The SMILES string of the molecule is CC(C)(C)c1nnc(NC(=O)c2cc(S(=O)(=O)NC3CC3)c(Cl)cc2Cl)s1. The molecule has 1 aliphatic carbocycles. The Bertz CT molecular complexity index is 996. The first-order valence-electron chi connectivity index (χ1n) is 8.14. The maximum atomic E-state index is 12.6. The van der Waals surface area contributed by atoms with Crippen LogP contribution in [0.3, 0.4) is 0 Å². The van der Waals surface area contributed by atoms with Crippen LogP contribution in [0.5, 0.6) is 0 Å². The first kappa shape index (κ1) is 20.5.